The summed E-state index contributed by atoms with van der Waals surface area (Å²) in [7, 11) is -2.15. The van der Waals surface area contributed by atoms with Crippen molar-refractivity contribution in [2.24, 2.45) is 0 Å². The van der Waals surface area contributed by atoms with Crippen molar-refractivity contribution in [3.63, 3.8) is 0 Å². The van der Waals surface area contributed by atoms with Crippen LogP contribution in [0, 0.1) is 0 Å². The summed E-state index contributed by atoms with van der Waals surface area (Å²) in [4.78, 5) is 30.5. The number of urea groups is 1. The molecule has 0 bridgehead atoms. The predicted octanol–water partition coefficient (Wildman–Crippen LogP) is 3.65. The maximum atomic E-state index is 13.4. The number of carbonyl (C=O) groups is 2. The van der Waals surface area contributed by atoms with Crippen LogP contribution >= 0.6 is 11.6 Å². The second-order valence-corrected chi connectivity index (χ2v) is 11.8. The summed E-state index contributed by atoms with van der Waals surface area (Å²) in [5.41, 5.74) is 1.52. The quantitative estimate of drug-likeness (QED) is 0.444. The van der Waals surface area contributed by atoms with Crippen LogP contribution in [-0.4, -0.2) is 87.5 Å². The lowest BCUT2D eigenvalue weighted by Crippen LogP contribution is -2.51. The van der Waals surface area contributed by atoms with Crippen molar-refractivity contribution in [2.45, 2.75) is 31.2 Å². The Hall–Kier alpha value is -3.12. The van der Waals surface area contributed by atoms with Crippen LogP contribution in [0.15, 0.2) is 64.7 Å². The summed E-state index contributed by atoms with van der Waals surface area (Å²) >= 11 is 5.95. The second-order valence-electron chi connectivity index (χ2n) is 9.44. The number of nitrogens with one attached hydrogen (secondary N) is 1. The maximum Gasteiger partial charge on any atom is 0.338 e. The number of esters is 1. The SMILES string of the molecule is CCOC(=O)C1=C(CN2CCCN(S(=O)(=O)c3ccc(Cl)cc3)CC2)N(CC)C(=O)NC1c1ccccc1OC. The molecule has 12 heteroatoms. The summed E-state index contributed by atoms with van der Waals surface area (Å²) in [5.74, 6) is 0.0188. The van der Waals surface area contributed by atoms with Crippen molar-refractivity contribution in [3.8, 4) is 5.75 Å². The molecule has 2 amide bonds. The Bertz CT molecular complexity index is 1370. The Morgan fingerprint density at radius 2 is 1.77 bits per heavy atom. The topological polar surface area (TPSA) is 108 Å². The molecule has 2 aliphatic rings. The number of carbonyl (C=O) groups excluding carboxylic acids is 2. The smallest absolute Gasteiger partial charge is 0.338 e. The lowest BCUT2D eigenvalue weighted by molar-refractivity contribution is -0.139. The van der Waals surface area contributed by atoms with Crippen LogP contribution in [0.5, 0.6) is 5.75 Å². The van der Waals surface area contributed by atoms with Crippen molar-refractivity contribution in [2.75, 3.05) is 53.0 Å². The molecule has 2 aromatic carbocycles. The van der Waals surface area contributed by atoms with Crippen molar-refractivity contribution in [1.82, 2.24) is 19.4 Å². The number of likely N-dealkylation sites (N-methyl/N-ethyl adjacent to an activating group) is 1. The third-order valence-electron chi connectivity index (χ3n) is 7.07. The Kier molecular flexibility index (Phi) is 9.72. The number of amides is 2. The van der Waals surface area contributed by atoms with Crippen LogP contribution in [0.1, 0.15) is 31.9 Å². The lowest BCUT2D eigenvalue weighted by Gasteiger charge is -2.38. The fourth-order valence-corrected chi connectivity index (χ4v) is 6.70. The van der Waals surface area contributed by atoms with Gasteiger partial charge in [-0.15, -0.1) is 0 Å². The molecule has 1 N–H and O–H groups in total. The average molecular weight is 591 g/mol. The molecule has 0 aliphatic carbocycles. The van der Waals surface area contributed by atoms with Gasteiger partial charge < -0.3 is 14.8 Å². The van der Waals surface area contributed by atoms with E-state index in [1.54, 1.807) is 30.0 Å². The predicted molar refractivity (Wildman–Crippen MR) is 152 cm³/mol. The molecule has 2 heterocycles. The van der Waals surface area contributed by atoms with Crippen LogP contribution in [0.25, 0.3) is 0 Å². The largest absolute Gasteiger partial charge is 0.496 e. The fraction of sp³-hybridized carbons (Fsp3) is 0.429. The molecule has 1 saturated heterocycles. The second kappa shape index (κ2) is 13.0. The third kappa shape index (κ3) is 6.27. The molecule has 40 heavy (non-hydrogen) atoms. The van der Waals surface area contributed by atoms with Gasteiger partial charge in [0.2, 0.25) is 10.0 Å². The molecule has 10 nitrogen and oxygen atoms in total. The maximum absolute atomic E-state index is 13.4. The molecule has 216 valence electrons. The minimum Gasteiger partial charge on any atom is -0.496 e. The summed E-state index contributed by atoms with van der Waals surface area (Å²) in [6.07, 6.45) is 0.586. The number of hydrogen-bond donors (Lipinski definition) is 1. The minimum atomic E-state index is -3.69. The number of nitrogens with zero attached hydrogens (tertiary/aromatic N) is 3. The molecule has 0 spiro atoms. The van der Waals surface area contributed by atoms with Gasteiger partial charge >= 0.3 is 12.0 Å². The van der Waals surface area contributed by atoms with E-state index in [0.29, 0.717) is 60.2 Å². The number of hydrogen-bond acceptors (Lipinski definition) is 7. The minimum absolute atomic E-state index is 0.176. The number of halogens is 1. The number of ether oxygens (including phenoxy) is 2. The van der Waals surface area contributed by atoms with Gasteiger partial charge in [0.25, 0.3) is 0 Å². The molecule has 1 atom stereocenters. The van der Waals surface area contributed by atoms with E-state index in [1.807, 2.05) is 25.1 Å². The zero-order valence-corrected chi connectivity index (χ0v) is 24.5. The molecule has 0 aromatic heterocycles. The van der Waals surface area contributed by atoms with E-state index in [9.17, 15) is 18.0 Å². The van der Waals surface area contributed by atoms with E-state index in [2.05, 4.69) is 10.2 Å². The molecule has 4 rings (SSSR count). The first kappa shape index (κ1) is 29.9. The van der Waals surface area contributed by atoms with Crippen LogP contribution in [0.4, 0.5) is 4.79 Å². The van der Waals surface area contributed by atoms with Crippen LogP contribution in [0.2, 0.25) is 5.02 Å². The van der Waals surface area contributed by atoms with Gasteiger partial charge in [-0.1, -0.05) is 29.8 Å². The van der Waals surface area contributed by atoms with E-state index in [1.165, 1.54) is 23.5 Å². The van der Waals surface area contributed by atoms with Gasteiger partial charge in [0.15, 0.2) is 0 Å². The van der Waals surface area contributed by atoms with E-state index < -0.39 is 22.0 Å². The highest BCUT2D eigenvalue weighted by molar-refractivity contribution is 7.89. The summed E-state index contributed by atoms with van der Waals surface area (Å²) in [5, 5.41) is 3.43. The van der Waals surface area contributed by atoms with Crippen LogP contribution in [-0.2, 0) is 19.6 Å². The molecule has 1 unspecified atom stereocenters. The fourth-order valence-electron chi connectivity index (χ4n) is 5.11. The first-order valence-corrected chi connectivity index (χ1v) is 15.1. The zero-order chi connectivity index (χ0) is 28.9. The van der Waals surface area contributed by atoms with Gasteiger partial charge in [-0.2, -0.15) is 4.31 Å². The van der Waals surface area contributed by atoms with Gasteiger partial charge in [-0.3, -0.25) is 9.80 Å². The first-order valence-electron chi connectivity index (χ1n) is 13.3. The zero-order valence-electron chi connectivity index (χ0n) is 22.9. The molecular formula is C28H35ClN4O6S. The molecule has 2 aliphatic heterocycles. The highest BCUT2D eigenvalue weighted by Crippen LogP contribution is 2.36. The van der Waals surface area contributed by atoms with Crippen LogP contribution in [0.3, 0.4) is 0 Å². The number of methoxy groups -OCH3 is 1. The van der Waals surface area contributed by atoms with E-state index in [0.717, 1.165) is 0 Å². The number of sulfonamides is 1. The van der Waals surface area contributed by atoms with E-state index in [4.69, 9.17) is 21.1 Å². The summed E-state index contributed by atoms with van der Waals surface area (Å²) in [6, 6.07) is 12.3. The summed E-state index contributed by atoms with van der Waals surface area (Å²) < 4.78 is 39.0. The van der Waals surface area contributed by atoms with Crippen molar-refractivity contribution < 1.29 is 27.5 Å². The monoisotopic (exact) mass is 590 g/mol. The van der Waals surface area contributed by atoms with Gasteiger partial charge in [0, 0.05) is 49.0 Å². The molecule has 2 aromatic rings. The highest BCUT2D eigenvalue weighted by Gasteiger charge is 2.39. The number of rotatable bonds is 9. The molecule has 0 radical (unpaired) electrons. The van der Waals surface area contributed by atoms with Crippen LogP contribution < -0.4 is 10.1 Å². The standard InChI is InChI=1S/C28H35ClN4O6S/c1-4-33-23(19-31-15-8-16-32(18-17-31)40(36,37)21-13-11-20(29)12-14-21)25(27(34)39-5-2)26(30-28(33)35)22-9-6-7-10-24(22)38-3/h6-7,9-14,26H,4-5,8,15-19H2,1-3H3,(H,30,35). The number of benzene rings is 2. The number of para-hydroxylation sites is 1. The van der Waals surface area contributed by atoms with Gasteiger partial charge in [0.05, 0.1) is 30.2 Å². The Morgan fingerprint density at radius 3 is 2.45 bits per heavy atom. The molecule has 0 saturated carbocycles. The lowest BCUT2D eigenvalue weighted by atomic mass is 9.93. The highest BCUT2D eigenvalue weighted by atomic mass is 35.5. The Balaban J connectivity index is 1.66. The van der Waals surface area contributed by atoms with Crippen molar-refractivity contribution in [3.05, 3.63) is 70.4 Å². The average Bonchev–Trinajstić information content (AvgIpc) is 3.19. The third-order valence-corrected chi connectivity index (χ3v) is 9.24. The summed E-state index contributed by atoms with van der Waals surface area (Å²) in [6.45, 7) is 6.00. The van der Waals surface area contributed by atoms with Gasteiger partial charge in [0.1, 0.15) is 5.75 Å². The Morgan fingerprint density at radius 1 is 1.05 bits per heavy atom. The molecular weight excluding hydrogens is 556 g/mol. The van der Waals surface area contributed by atoms with Crippen molar-refractivity contribution in [1.29, 1.82) is 0 Å². The van der Waals surface area contributed by atoms with Gasteiger partial charge in [-0.05, 0) is 57.1 Å². The Labute approximate surface area is 240 Å². The van der Waals surface area contributed by atoms with E-state index >= 15 is 0 Å². The molecule has 1 fully saturated rings. The van der Waals surface area contributed by atoms with Crippen molar-refractivity contribution >= 4 is 33.6 Å². The first-order chi connectivity index (χ1) is 19.2. The van der Waals surface area contributed by atoms with E-state index in [-0.39, 0.29) is 30.6 Å². The van der Waals surface area contributed by atoms with Gasteiger partial charge in [-0.25, -0.2) is 18.0 Å². The normalized spacial score (nSPS) is 19.2.